The number of nitrogens with zero attached hydrogens (tertiary/aromatic N) is 3. The van der Waals surface area contributed by atoms with Crippen LogP contribution in [-0.4, -0.2) is 63.8 Å². The van der Waals surface area contributed by atoms with Crippen molar-refractivity contribution in [1.82, 2.24) is 25.1 Å². The largest absolute Gasteiger partial charge is 0.459 e. The van der Waals surface area contributed by atoms with Crippen LogP contribution in [0.4, 0.5) is 0 Å². The Morgan fingerprint density at radius 2 is 2.03 bits per heavy atom. The lowest BCUT2D eigenvalue weighted by molar-refractivity contribution is -0.134. The second kappa shape index (κ2) is 9.53. The second-order valence-corrected chi connectivity index (χ2v) is 9.90. The highest BCUT2D eigenvalue weighted by Gasteiger charge is 2.27. The van der Waals surface area contributed by atoms with Crippen LogP contribution in [0.3, 0.4) is 0 Å². The zero-order valence-corrected chi connectivity index (χ0v) is 20.1. The number of aromatic nitrogens is 2. The Hall–Kier alpha value is -3.28. The van der Waals surface area contributed by atoms with Gasteiger partial charge in [-0.05, 0) is 30.5 Å². The fraction of sp³-hybridized carbons (Fsp3) is 0.304. The van der Waals surface area contributed by atoms with Gasteiger partial charge in [0.2, 0.25) is 5.91 Å². The SMILES string of the molecule is CC(NC(=O)c1ccco1)C(=O)N1CCN(Cc2nc3scc(-c4cccs4)c3c(=O)[nH]2)CC1. The molecule has 2 N–H and O–H groups in total. The first-order valence-corrected chi connectivity index (χ1v) is 12.7. The lowest BCUT2D eigenvalue weighted by Crippen LogP contribution is -2.54. The third-order valence-corrected chi connectivity index (χ3v) is 7.58. The highest BCUT2D eigenvalue weighted by molar-refractivity contribution is 7.18. The van der Waals surface area contributed by atoms with E-state index in [9.17, 15) is 14.4 Å². The van der Waals surface area contributed by atoms with E-state index in [4.69, 9.17) is 4.42 Å². The molecule has 1 fully saturated rings. The Bertz CT molecular complexity index is 1350. The van der Waals surface area contributed by atoms with Crippen LogP contribution in [0.15, 0.2) is 50.5 Å². The summed E-state index contributed by atoms with van der Waals surface area (Å²) in [4.78, 5) is 51.0. The molecule has 0 saturated carbocycles. The fourth-order valence-electron chi connectivity index (χ4n) is 4.03. The Labute approximate surface area is 203 Å². The Balaban J connectivity index is 1.19. The molecule has 1 saturated heterocycles. The van der Waals surface area contributed by atoms with Gasteiger partial charge in [0.25, 0.3) is 11.5 Å². The molecule has 176 valence electrons. The summed E-state index contributed by atoms with van der Waals surface area (Å²) in [5, 5.41) is 7.29. The maximum atomic E-state index is 12.8. The monoisotopic (exact) mass is 497 g/mol. The number of thiophene rings is 2. The standard InChI is InChI=1S/C23H23N5O4S2/c1-14(24-20(29)16-4-2-10-32-16)23(31)28-8-6-27(7-9-28)12-18-25-21(30)19-15(13-34-22(19)26-18)17-5-3-11-33-17/h2-5,10-11,13-14H,6-9,12H2,1H3,(H,24,29)(H,25,26,30). The van der Waals surface area contributed by atoms with Crippen LogP contribution < -0.4 is 10.9 Å². The average molecular weight is 498 g/mol. The molecule has 1 unspecified atom stereocenters. The third kappa shape index (κ3) is 4.54. The number of carbonyl (C=O) groups is 2. The Morgan fingerprint density at radius 1 is 1.21 bits per heavy atom. The molecule has 34 heavy (non-hydrogen) atoms. The van der Waals surface area contributed by atoms with Gasteiger partial charge in [0.05, 0.1) is 18.2 Å². The minimum atomic E-state index is -0.652. The first kappa shape index (κ1) is 22.5. The summed E-state index contributed by atoms with van der Waals surface area (Å²) in [6.45, 7) is 4.55. The van der Waals surface area contributed by atoms with Crippen molar-refractivity contribution in [3.8, 4) is 10.4 Å². The number of furan rings is 1. The molecule has 4 aromatic rings. The molecule has 0 spiro atoms. The number of piperazine rings is 1. The highest BCUT2D eigenvalue weighted by atomic mass is 32.1. The van der Waals surface area contributed by atoms with Crippen molar-refractivity contribution in [3.05, 3.63) is 63.2 Å². The summed E-state index contributed by atoms with van der Waals surface area (Å²) in [6.07, 6.45) is 1.42. The van der Waals surface area contributed by atoms with Gasteiger partial charge >= 0.3 is 0 Å². The summed E-state index contributed by atoms with van der Waals surface area (Å²) < 4.78 is 5.07. The molecule has 1 aliphatic heterocycles. The summed E-state index contributed by atoms with van der Waals surface area (Å²) in [6, 6.07) is 6.50. The average Bonchev–Trinajstić information content (AvgIpc) is 3.60. The maximum Gasteiger partial charge on any atom is 0.287 e. The molecule has 4 aromatic heterocycles. The molecule has 1 aliphatic rings. The first-order chi connectivity index (χ1) is 16.5. The van der Waals surface area contributed by atoms with Gasteiger partial charge in [-0.3, -0.25) is 19.3 Å². The summed E-state index contributed by atoms with van der Waals surface area (Å²) >= 11 is 3.08. The van der Waals surface area contributed by atoms with Gasteiger partial charge in [-0.15, -0.1) is 22.7 Å². The number of carbonyl (C=O) groups excluding carboxylic acids is 2. The van der Waals surface area contributed by atoms with Crippen molar-refractivity contribution in [2.75, 3.05) is 26.2 Å². The van der Waals surface area contributed by atoms with Gasteiger partial charge in [0, 0.05) is 42.0 Å². The Morgan fingerprint density at radius 3 is 2.74 bits per heavy atom. The van der Waals surface area contributed by atoms with E-state index in [-0.39, 0.29) is 17.2 Å². The van der Waals surface area contributed by atoms with E-state index in [2.05, 4.69) is 20.2 Å². The second-order valence-electron chi connectivity index (χ2n) is 8.09. The summed E-state index contributed by atoms with van der Waals surface area (Å²) in [7, 11) is 0. The van der Waals surface area contributed by atoms with Gasteiger partial charge < -0.3 is 19.6 Å². The van der Waals surface area contributed by atoms with Crippen molar-refractivity contribution in [3.63, 3.8) is 0 Å². The Kier molecular flexibility index (Phi) is 6.31. The summed E-state index contributed by atoms with van der Waals surface area (Å²) in [5.41, 5.74) is 0.801. The minimum Gasteiger partial charge on any atom is -0.459 e. The molecule has 0 aliphatic carbocycles. The van der Waals surface area contributed by atoms with Gasteiger partial charge in [0.1, 0.15) is 16.7 Å². The van der Waals surface area contributed by atoms with Crippen molar-refractivity contribution in [2.24, 2.45) is 0 Å². The van der Waals surface area contributed by atoms with Crippen LogP contribution in [0, 0.1) is 0 Å². The molecular formula is C23H23N5O4S2. The molecule has 1 atom stereocenters. The van der Waals surface area contributed by atoms with E-state index in [0.717, 1.165) is 15.3 Å². The number of hydrogen-bond donors (Lipinski definition) is 2. The predicted octanol–water partition coefficient (Wildman–Crippen LogP) is 2.77. The fourth-order valence-corrected chi connectivity index (χ4v) is 5.81. The maximum absolute atomic E-state index is 12.8. The molecular weight excluding hydrogens is 474 g/mol. The van der Waals surface area contributed by atoms with E-state index in [1.165, 1.54) is 17.6 Å². The van der Waals surface area contributed by atoms with Crippen molar-refractivity contribution < 1.29 is 14.0 Å². The van der Waals surface area contributed by atoms with Crippen molar-refractivity contribution in [1.29, 1.82) is 0 Å². The number of rotatable bonds is 6. The van der Waals surface area contributed by atoms with Crippen LogP contribution in [0.2, 0.25) is 0 Å². The predicted molar refractivity (Wildman–Crippen MR) is 131 cm³/mol. The summed E-state index contributed by atoms with van der Waals surface area (Å²) in [5.74, 6) is 0.255. The van der Waals surface area contributed by atoms with Gasteiger partial charge in [0.15, 0.2) is 5.76 Å². The topological polar surface area (TPSA) is 112 Å². The van der Waals surface area contributed by atoms with Crippen molar-refractivity contribution in [2.45, 2.75) is 19.5 Å². The van der Waals surface area contributed by atoms with Crippen LogP contribution in [0.5, 0.6) is 0 Å². The highest BCUT2D eigenvalue weighted by Crippen LogP contribution is 2.33. The van der Waals surface area contributed by atoms with E-state index in [0.29, 0.717) is 43.9 Å². The van der Waals surface area contributed by atoms with Gasteiger partial charge in [-0.2, -0.15) is 0 Å². The van der Waals surface area contributed by atoms with Crippen LogP contribution in [-0.2, 0) is 11.3 Å². The lowest BCUT2D eigenvalue weighted by atomic mass is 10.2. The smallest absolute Gasteiger partial charge is 0.287 e. The van der Waals surface area contributed by atoms with Crippen LogP contribution in [0.25, 0.3) is 20.7 Å². The molecule has 5 heterocycles. The van der Waals surface area contributed by atoms with E-state index < -0.39 is 11.9 Å². The van der Waals surface area contributed by atoms with Gasteiger partial charge in [-0.1, -0.05) is 6.07 Å². The number of hydrogen-bond acceptors (Lipinski definition) is 8. The number of fused-ring (bicyclic) bond motifs is 1. The quantitative estimate of drug-likeness (QED) is 0.424. The normalized spacial score (nSPS) is 15.5. The molecule has 11 heteroatoms. The molecule has 2 amide bonds. The first-order valence-electron chi connectivity index (χ1n) is 10.9. The number of H-pyrrole nitrogens is 1. The third-order valence-electron chi connectivity index (χ3n) is 5.80. The zero-order chi connectivity index (χ0) is 23.7. The molecule has 5 rings (SSSR count). The lowest BCUT2D eigenvalue weighted by Gasteiger charge is -2.35. The van der Waals surface area contributed by atoms with Crippen LogP contribution in [0.1, 0.15) is 23.3 Å². The molecule has 0 radical (unpaired) electrons. The van der Waals surface area contributed by atoms with E-state index in [1.54, 1.807) is 35.3 Å². The number of nitrogens with one attached hydrogen (secondary N) is 2. The zero-order valence-electron chi connectivity index (χ0n) is 18.4. The van der Waals surface area contributed by atoms with E-state index in [1.807, 2.05) is 22.9 Å². The number of amides is 2. The molecule has 0 aromatic carbocycles. The van der Waals surface area contributed by atoms with E-state index >= 15 is 0 Å². The molecule has 9 nitrogen and oxygen atoms in total. The van der Waals surface area contributed by atoms with Gasteiger partial charge in [-0.25, -0.2) is 4.98 Å². The number of aromatic amines is 1. The molecule has 0 bridgehead atoms. The van der Waals surface area contributed by atoms with Crippen LogP contribution >= 0.6 is 22.7 Å². The minimum absolute atomic E-state index is 0.125. The van der Waals surface area contributed by atoms with Crippen molar-refractivity contribution >= 4 is 44.7 Å².